The summed E-state index contributed by atoms with van der Waals surface area (Å²) < 4.78 is 0. The zero-order valence-electron chi connectivity index (χ0n) is 12.4. The van der Waals surface area contributed by atoms with Crippen LogP contribution in [0.15, 0.2) is 47.4 Å². The summed E-state index contributed by atoms with van der Waals surface area (Å²) in [6, 6.07) is 10.2. The molecule has 2 heterocycles. The molecule has 1 amide bonds. The first-order valence-corrected chi connectivity index (χ1v) is 7.97. The fourth-order valence-corrected chi connectivity index (χ4v) is 3.70. The first-order valence-electron chi connectivity index (χ1n) is 7.09. The first kappa shape index (κ1) is 14.0. The number of thiazole rings is 1. The van der Waals surface area contributed by atoms with Crippen LogP contribution in [0.2, 0.25) is 0 Å². The molecule has 108 valence electrons. The van der Waals surface area contributed by atoms with E-state index in [-0.39, 0.29) is 18.0 Å². The third-order valence-electron chi connectivity index (χ3n) is 3.94. The van der Waals surface area contributed by atoms with Crippen LogP contribution >= 0.6 is 11.3 Å². The van der Waals surface area contributed by atoms with Crippen molar-refractivity contribution >= 4 is 17.2 Å². The second-order valence-corrected chi connectivity index (χ2v) is 6.16. The molecule has 1 saturated heterocycles. The minimum atomic E-state index is -0.00333. The van der Waals surface area contributed by atoms with E-state index in [1.54, 1.807) is 11.3 Å². The molecule has 21 heavy (non-hydrogen) atoms. The van der Waals surface area contributed by atoms with Crippen LogP contribution in [0, 0.1) is 6.92 Å². The molecule has 0 bridgehead atoms. The maximum atomic E-state index is 12.4. The van der Waals surface area contributed by atoms with Crippen molar-refractivity contribution in [3.8, 4) is 0 Å². The lowest BCUT2D eigenvalue weighted by Gasteiger charge is -2.45. The molecule has 0 saturated carbocycles. The summed E-state index contributed by atoms with van der Waals surface area (Å²) in [6.07, 6.45) is 1.91. The van der Waals surface area contributed by atoms with Crippen LogP contribution in [0.1, 0.15) is 42.2 Å². The highest BCUT2D eigenvalue weighted by molar-refractivity contribution is 7.09. The second kappa shape index (κ2) is 5.45. The molecule has 2 atom stereocenters. The lowest BCUT2D eigenvalue weighted by Crippen LogP contribution is -2.50. The van der Waals surface area contributed by atoms with Crippen LogP contribution in [0.25, 0.3) is 0 Å². The summed E-state index contributed by atoms with van der Waals surface area (Å²) in [5.74, 6) is 0.117. The number of aromatic nitrogens is 1. The number of benzene rings is 1. The number of likely N-dealkylation sites (tertiary alicyclic amines) is 1. The van der Waals surface area contributed by atoms with Crippen LogP contribution in [0.4, 0.5) is 0 Å². The Kier molecular flexibility index (Phi) is 3.64. The Balaban J connectivity index is 1.95. The van der Waals surface area contributed by atoms with Crippen LogP contribution in [-0.4, -0.2) is 15.8 Å². The topological polar surface area (TPSA) is 33.2 Å². The van der Waals surface area contributed by atoms with Crippen molar-refractivity contribution in [3.63, 3.8) is 0 Å². The number of hydrogen-bond donors (Lipinski definition) is 0. The van der Waals surface area contributed by atoms with Crippen molar-refractivity contribution in [2.24, 2.45) is 0 Å². The van der Waals surface area contributed by atoms with E-state index in [9.17, 15) is 4.79 Å². The van der Waals surface area contributed by atoms with Gasteiger partial charge in [0.1, 0.15) is 11.0 Å². The molecule has 1 aromatic carbocycles. The van der Waals surface area contributed by atoms with Crippen LogP contribution < -0.4 is 0 Å². The molecule has 4 heteroatoms. The molecule has 1 fully saturated rings. The Morgan fingerprint density at radius 1 is 1.33 bits per heavy atom. The van der Waals surface area contributed by atoms with Gasteiger partial charge in [0.05, 0.1) is 6.04 Å². The molecule has 1 aromatic heterocycles. The molecule has 1 aliphatic rings. The largest absolute Gasteiger partial charge is 0.318 e. The van der Waals surface area contributed by atoms with Crippen molar-refractivity contribution in [1.29, 1.82) is 0 Å². The molecule has 0 aliphatic carbocycles. The number of aryl methyl sites for hydroxylation is 1. The molecule has 0 radical (unpaired) electrons. The SMILES string of the molecule is C/C=C1\C(=O)N([C@H](C)c2ccccc2)[C@@H]1c1nc(C)cs1. The fourth-order valence-electron chi connectivity index (χ4n) is 2.79. The summed E-state index contributed by atoms with van der Waals surface area (Å²) >= 11 is 1.63. The van der Waals surface area contributed by atoms with Crippen molar-refractivity contribution < 1.29 is 4.79 Å². The molecule has 2 aromatic rings. The van der Waals surface area contributed by atoms with E-state index in [4.69, 9.17) is 0 Å². The van der Waals surface area contributed by atoms with Gasteiger partial charge in [0.25, 0.3) is 5.91 Å². The van der Waals surface area contributed by atoms with E-state index in [2.05, 4.69) is 24.0 Å². The number of nitrogens with zero attached hydrogens (tertiary/aromatic N) is 2. The number of hydrogen-bond acceptors (Lipinski definition) is 3. The smallest absolute Gasteiger partial charge is 0.253 e. The summed E-state index contributed by atoms with van der Waals surface area (Å²) in [7, 11) is 0. The van der Waals surface area contributed by atoms with Gasteiger partial charge in [-0.15, -0.1) is 11.3 Å². The highest BCUT2D eigenvalue weighted by Crippen LogP contribution is 2.45. The van der Waals surface area contributed by atoms with Gasteiger partial charge >= 0.3 is 0 Å². The van der Waals surface area contributed by atoms with Crippen molar-refractivity contribution in [3.05, 3.63) is 63.6 Å². The van der Waals surface area contributed by atoms with Gasteiger partial charge in [-0.05, 0) is 26.3 Å². The van der Waals surface area contributed by atoms with Crippen LogP contribution in [0.5, 0.6) is 0 Å². The zero-order chi connectivity index (χ0) is 15.0. The average molecular weight is 298 g/mol. The molecule has 0 unspecified atom stereocenters. The van der Waals surface area contributed by atoms with Crippen molar-refractivity contribution in [1.82, 2.24) is 9.88 Å². The highest BCUT2D eigenvalue weighted by atomic mass is 32.1. The Morgan fingerprint density at radius 2 is 2.05 bits per heavy atom. The highest BCUT2D eigenvalue weighted by Gasteiger charge is 2.46. The van der Waals surface area contributed by atoms with Crippen LogP contribution in [-0.2, 0) is 4.79 Å². The second-order valence-electron chi connectivity index (χ2n) is 5.27. The van der Waals surface area contributed by atoms with E-state index >= 15 is 0 Å². The van der Waals surface area contributed by atoms with Gasteiger partial charge in [0, 0.05) is 16.6 Å². The number of rotatable bonds is 3. The number of allylic oxidation sites excluding steroid dienone is 1. The minimum absolute atomic E-state index is 0.00333. The van der Waals surface area contributed by atoms with Crippen molar-refractivity contribution in [2.45, 2.75) is 32.9 Å². The van der Waals surface area contributed by atoms with E-state index in [0.29, 0.717) is 0 Å². The summed E-state index contributed by atoms with van der Waals surface area (Å²) in [4.78, 5) is 18.9. The lowest BCUT2D eigenvalue weighted by atomic mass is 9.90. The molecule has 0 N–H and O–H groups in total. The number of amides is 1. The van der Waals surface area contributed by atoms with Gasteiger partial charge in [-0.3, -0.25) is 4.79 Å². The van der Waals surface area contributed by atoms with Gasteiger partial charge in [0.2, 0.25) is 0 Å². The van der Waals surface area contributed by atoms with E-state index < -0.39 is 0 Å². The Bertz CT molecular complexity index is 690. The number of carbonyl (C=O) groups excluding carboxylic acids is 1. The predicted molar refractivity (Wildman–Crippen MR) is 85.1 cm³/mol. The normalized spacial score (nSPS) is 21.5. The maximum Gasteiger partial charge on any atom is 0.253 e. The zero-order valence-corrected chi connectivity index (χ0v) is 13.2. The fraction of sp³-hybridized carbons (Fsp3) is 0.294. The third kappa shape index (κ3) is 2.29. The van der Waals surface area contributed by atoms with Gasteiger partial charge in [-0.2, -0.15) is 0 Å². The summed E-state index contributed by atoms with van der Waals surface area (Å²) in [5, 5.41) is 3.04. The number of carbonyl (C=O) groups is 1. The quantitative estimate of drug-likeness (QED) is 0.633. The summed E-state index contributed by atoms with van der Waals surface area (Å²) in [5.41, 5.74) is 3.02. The predicted octanol–water partition coefficient (Wildman–Crippen LogP) is 4.04. The maximum absolute atomic E-state index is 12.4. The minimum Gasteiger partial charge on any atom is -0.318 e. The Morgan fingerprint density at radius 3 is 2.62 bits per heavy atom. The van der Waals surface area contributed by atoms with E-state index in [1.807, 2.05) is 48.4 Å². The van der Waals surface area contributed by atoms with Crippen molar-refractivity contribution in [2.75, 3.05) is 0 Å². The molecular weight excluding hydrogens is 280 g/mol. The Hall–Kier alpha value is -1.94. The van der Waals surface area contributed by atoms with E-state index in [0.717, 1.165) is 21.8 Å². The molecule has 3 nitrogen and oxygen atoms in total. The summed E-state index contributed by atoms with van der Waals surface area (Å²) in [6.45, 7) is 5.99. The third-order valence-corrected chi connectivity index (χ3v) is 4.95. The Labute approximate surface area is 128 Å². The molecular formula is C17H18N2OS. The van der Waals surface area contributed by atoms with Gasteiger partial charge in [-0.1, -0.05) is 36.4 Å². The number of β-lactam (4-membered cyclic amide) rings is 1. The molecule has 0 spiro atoms. The molecule has 1 aliphatic heterocycles. The monoisotopic (exact) mass is 298 g/mol. The average Bonchev–Trinajstić information content (AvgIpc) is 2.91. The standard InChI is InChI=1S/C17H18N2OS/c1-4-14-15(16-18-11(2)10-21-16)19(17(14)20)12(3)13-8-6-5-7-9-13/h4-10,12,15H,1-3H3/b14-4-/t12-,15+/m1/s1. The van der Waals surface area contributed by atoms with Gasteiger partial charge in [-0.25, -0.2) is 4.98 Å². The molecule has 3 rings (SSSR count). The van der Waals surface area contributed by atoms with E-state index in [1.165, 1.54) is 0 Å². The first-order chi connectivity index (χ1) is 10.1. The van der Waals surface area contributed by atoms with Crippen LogP contribution in [0.3, 0.4) is 0 Å². The van der Waals surface area contributed by atoms with Gasteiger partial charge < -0.3 is 4.90 Å². The van der Waals surface area contributed by atoms with Gasteiger partial charge in [0.15, 0.2) is 0 Å². The lowest BCUT2D eigenvalue weighted by molar-refractivity contribution is -0.140.